The number of thioether (sulfide) groups is 1. The average Bonchev–Trinajstić information content (AvgIpc) is 3.44. The van der Waals surface area contributed by atoms with Gasteiger partial charge in [0.1, 0.15) is 11.5 Å². The maximum atomic E-state index is 13.0. The minimum absolute atomic E-state index is 0.0208. The number of ketones is 1. The van der Waals surface area contributed by atoms with Gasteiger partial charge in [0.05, 0.1) is 23.8 Å². The lowest BCUT2D eigenvalue weighted by atomic mass is 10.0. The molecule has 3 rings (SSSR count). The third kappa shape index (κ3) is 11.0. The van der Waals surface area contributed by atoms with Crippen molar-refractivity contribution in [2.75, 3.05) is 18.9 Å². The summed E-state index contributed by atoms with van der Waals surface area (Å²) in [6, 6.07) is 21.9. The number of amides is 2. The van der Waals surface area contributed by atoms with Crippen LogP contribution in [0.25, 0.3) is 0 Å². The second kappa shape index (κ2) is 15.6. The van der Waals surface area contributed by atoms with Crippen LogP contribution in [-0.4, -0.2) is 42.5 Å². The van der Waals surface area contributed by atoms with E-state index >= 15 is 0 Å². The number of carbonyl (C=O) groups is 3. The molecule has 1 aromatic heterocycles. The van der Waals surface area contributed by atoms with Crippen LogP contribution >= 0.6 is 11.8 Å². The van der Waals surface area contributed by atoms with Crippen LogP contribution in [0.1, 0.15) is 31.1 Å². The SMILES string of the molecule is C[C@@H](CCC(=O)N[C@@H](Cc1ccccc1)C(=O)CSCc1ccco1)CNC(=O)COc1ccccc1. The monoisotopic (exact) mass is 522 g/mol. The number of hydrogen-bond donors (Lipinski definition) is 2. The Kier molecular flexibility index (Phi) is 11.8. The Bertz CT molecular complexity index is 1090. The number of furan rings is 1. The van der Waals surface area contributed by atoms with Crippen LogP contribution in [0.4, 0.5) is 0 Å². The maximum Gasteiger partial charge on any atom is 0.257 e. The largest absolute Gasteiger partial charge is 0.484 e. The van der Waals surface area contributed by atoms with Crippen molar-refractivity contribution in [3.63, 3.8) is 0 Å². The molecule has 1 heterocycles. The van der Waals surface area contributed by atoms with Gasteiger partial charge in [-0.2, -0.15) is 0 Å². The summed E-state index contributed by atoms with van der Waals surface area (Å²) >= 11 is 1.47. The maximum absolute atomic E-state index is 13.0. The van der Waals surface area contributed by atoms with Gasteiger partial charge in [-0.1, -0.05) is 55.5 Å². The fourth-order valence-electron chi connectivity index (χ4n) is 3.59. The summed E-state index contributed by atoms with van der Waals surface area (Å²) in [5, 5.41) is 5.78. The summed E-state index contributed by atoms with van der Waals surface area (Å²) in [6.45, 7) is 2.36. The first-order chi connectivity index (χ1) is 18.0. The molecule has 0 aliphatic rings. The molecule has 2 aromatic carbocycles. The van der Waals surface area contributed by atoms with Crippen molar-refractivity contribution >= 4 is 29.4 Å². The zero-order chi connectivity index (χ0) is 26.3. The molecule has 8 heteroatoms. The molecular formula is C29H34N2O5S. The highest BCUT2D eigenvalue weighted by Crippen LogP contribution is 2.15. The quantitative estimate of drug-likeness (QED) is 0.289. The molecule has 0 fully saturated rings. The molecule has 0 aliphatic carbocycles. The smallest absolute Gasteiger partial charge is 0.257 e. The van der Waals surface area contributed by atoms with Crippen molar-refractivity contribution in [1.82, 2.24) is 10.6 Å². The van der Waals surface area contributed by atoms with Crippen LogP contribution in [-0.2, 0) is 26.6 Å². The number of hydrogen-bond acceptors (Lipinski definition) is 6. The third-order valence-corrected chi connectivity index (χ3v) is 6.68. The fraction of sp³-hybridized carbons (Fsp3) is 0.345. The van der Waals surface area contributed by atoms with E-state index in [-0.39, 0.29) is 42.3 Å². The highest BCUT2D eigenvalue weighted by atomic mass is 32.2. The summed E-state index contributed by atoms with van der Waals surface area (Å²) in [4.78, 5) is 37.7. The van der Waals surface area contributed by atoms with Crippen LogP contribution in [0, 0.1) is 5.92 Å². The van der Waals surface area contributed by atoms with E-state index in [0.717, 1.165) is 11.3 Å². The van der Waals surface area contributed by atoms with Gasteiger partial charge in [-0.15, -0.1) is 11.8 Å². The minimum Gasteiger partial charge on any atom is -0.484 e. The Morgan fingerprint density at radius 1 is 0.946 bits per heavy atom. The Balaban J connectivity index is 1.40. The Labute approximate surface area is 222 Å². The molecular weight excluding hydrogens is 488 g/mol. The van der Waals surface area contributed by atoms with Gasteiger partial charge in [-0.05, 0) is 48.6 Å². The number of Topliss-reactive ketones (excluding diaryl/α,β-unsaturated/α-hetero) is 1. The van der Waals surface area contributed by atoms with E-state index in [2.05, 4.69) is 10.6 Å². The van der Waals surface area contributed by atoms with Gasteiger partial charge in [-0.25, -0.2) is 0 Å². The van der Waals surface area contributed by atoms with E-state index in [4.69, 9.17) is 9.15 Å². The van der Waals surface area contributed by atoms with Gasteiger partial charge in [-0.3, -0.25) is 14.4 Å². The van der Waals surface area contributed by atoms with Gasteiger partial charge in [0, 0.05) is 13.0 Å². The molecule has 0 spiro atoms. The van der Waals surface area contributed by atoms with Gasteiger partial charge in [0.15, 0.2) is 12.4 Å². The van der Waals surface area contributed by atoms with Crippen molar-refractivity contribution in [1.29, 1.82) is 0 Å². The molecule has 2 N–H and O–H groups in total. The predicted octanol–water partition coefficient (Wildman–Crippen LogP) is 4.42. The first-order valence-corrected chi connectivity index (χ1v) is 13.6. The number of benzene rings is 2. The number of carbonyl (C=O) groups excluding carboxylic acids is 3. The summed E-state index contributed by atoms with van der Waals surface area (Å²) < 4.78 is 10.8. The van der Waals surface area contributed by atoms with Gasteiger partial charge >= 0.3 is 0 Å². The van der Waals surface area contributed by atoms with Crippen molar-refractivity contribution < 1.29 is 23.5 Å². The number of rotatable bonds is 16. The normalized spacial score (nSPS) is 12.4. The molecule has 196 valence electrons. The van der Waals surface area contributed by atoms with Gasteiger partial charge in [0.25, 0.3) is 5.91 Å². The Morgan fingerprint density at radius 2 is 1.68 bits per heavy atom. The van der Waals surface area contributed by atoms with Crippen LogP contribution in [0.5, 0.6) is 5.75 Å². The Hall–Kier alpha value is -3.52. The first kappa shape index (κ1) is 28.1. The van der Waals surface area contributed by atoms with E-state index in [0.29, 0.717) is 30.9 Å². The second-order valence-corrected chi connectivity index (χ2v) is 9.88. The fourth-order valence-corrected chi connectivity index (χ4v) is 4.46. The first-order valence-electron chi connectivity index (χ1n) is 12.4. The zero-order valence-electron chi connectivity index (χ0n) is 21.1. The van der Waals surface area contributed by atoms with E-state index in [9.17, 15) is 14.4 Å². The summed E-state index contributed by atoms with van der Waals surface area (Å²) in [6.07, 6.45) is 2.92. The molecule has 0 saturated heterocycles. The number of nitrogens with one attached hydrogen (secondary N) is 2. The van der Waals surface area contributed by atoms with Crippen molar-refractivity contribution in [3.05, 3.63) is 90.4 Å². The zero-order valence-corrected chi connectivity index (χ0v) is 21.9. The Morgan fingerprint density at radius 3 is 2.38 bits per heavy atom. The number of para-hydroxylation sites is 1. The molecule has 2 amide bonds. The predicted molar refractivity (Wildman–Crippen MR) is 145 cm³/mol. The van der Waals surface area contributed by atoms with Crippen LogP contribution < -0.4 is 15.4 Å². The molecule has 0 unspecified atom stereocenters. The molecule has 2 atom stereocenters. The van der Waals surface area contributed by atoms with E-state index in [1.807, 2.05) is 67.6 Å². The topological polar surface area (TPSA) is 97.6 Å². The van der Waals surface area contributed by atoms with Crippen molar-refractivity contribution in [3.8, 4) is 5.75 Å². The molecule has 0 saturated carbocycles. The third-order valence-electron chi connectivity index (χ3n) is 5.70. The summed E-state index contributed by atoms with van der Waals surface area (Å²) in [7, 11) is 0. The molecule has 0 aliphatic heterocycles. The second-order valence-electron chi connectivity index (χ2n) is 8.90. The average molecular weight is 523 g/mol. The number of ether oxygens (including phenoxy) is 1. The van der Waals surface area contributed by atoms with Gasteiger partial charge < -0.3 is 19.8 Å². The molecule has 0 radical (unpaired) electrons. The molecule has 7 nitrogen and oxygen atoms in total. The lowest BCUT2D eigenvalue weighted by Gasteiger charge is -2.19. The van der Waals surface area contributed by atoms with Crippen molar-refractivity contribution in [2.24, 2.45) is 5.92 Å². The summed E-state index contributed by atoms with van der Waals surface area (Å²) in [5.41, 5.74) is 0.992. The highest BCUT2D eigenvalue weighted by molar-refractivity contribution is 7.99. The standard InChI is InChI=1S/C29H34N2O5S/c1-22(18-30-29(34)19-36-24-11-6-3-7-12-24)14-15-28(33)31-26(17-23-9-4-2-5-10-23)27(32)21-37-20-25-13-8-16-35-25/h2-13,16,22,26H,14-15,17-21H2,1H3,(H,30,34)(H,31,33)/t22-,26-/m0/s1. The molecule has 0 bridgehead atoms. The molecule has 37 heavy (non-hydrogen) atoms. The lowest BCUT2D eigenvalue weighted by molar-refractivity contribution is -0.126. The van der Waals surface area contributed by atoms with E-state index in [1.54, 1.807) is 18.4 Å². The minimum atomic E-state index is -0.593. The van der Waals surface area contributed by atoms with E-state index < -0.39 is 6.04 Å². The lowest BCUT2D eigenvalue weighted by Crippen LogP contribution is -2.43. The van der Waals surface area contributed by atoms with Crippen molar-refractivity contribution in [2.45, 2.75) is 38.0 Å². The van der Waals surface area contributed by atoms with Crippen LogP contribution in [0.3, 0.4) is 0 Å². The van der Waals surface area contributed by atoms with Crippen LogP contribution in [0.2, 0.25) is 0 Å². The van der Waals surface area contributed by atoms with Crippen LogP contribution in [0.15, 0.2) is 83.5 Å². The van der Waals surface area contributed by atoms with Gasteiger partial charge in [0.2, 0.25) is 5.91 Å². The van der Waals surface area contributed by atoms with E-state index in [1.165, 1.54) is 11.8 Å². The summed E-state index contributed by atoms with van der Waals surface area (Å²) in [5.74, 6) is 2.04. The highest BCUT2D eigenvalue weighted by Gasteiger charge is 2.21. The molecule has 3 aromatic rings.